The quantitative estimate of drug-likeness (QED) is 0.839. The molecule has 0 aliphatic heterocycles. The largest absolute Gasteiger partial charge is 0.507 e. The van der Waals surface area contributed by atoms with Crippen molar-refractivity contribution in [3.8, 4) is 17.0 Å². The maximum Gasteiger partial charge on any atom is 0.416 e. The third-order valence-corrected chi connectivity index (χ3v) is 3.50. The lowest BCUT2D eigenvalue weighted by Gasteiger charge is -2.11. The van der Waals surface area contributed by atoms with Gasteiger partial charge in [-0.05, 0) is 31.0 Å². The van der Waals surface area contributed by atoms with Crippen LogP contribution in [0.1, 0.15) is 18.4 Å². The Kier molecular flexibility index (Phi) is 3.27. The standard InChI is InChI=1S/C15H11F3N2O2/c16-15(17,18)8-5-6-11(12(21)7-8)13-9-3-1-2-4-10(9)14(22)20-19-13/h3-7,21H,1-2H2,(H,20,22). The molecular formula is C15H11F3N2O2. The molecule has 1 aromatic carbocycles. The van der Waals surface area contributed by atoms with Crippen molar-refractivity contribution in [3.63, 3.8) is 0 Å². The van der Waals surface area contributed by atoms with E-state index in [1.54, 1.807) is 12.2 Å². The molecule has 7 heteroatoms. The lowest BCUT2D eigenvalue weighted by atomic mass is 10.0. The molecular weight excluding hydrogens is 297 g/mol. The van der Waals surface area contributed by atoms with Crippen LogP contribution in [-0.4, -0.2) is 15.3 Å². The van der Waals surface area contributed by atoms with Crippen LogP contribution < -0.4 is 16.0 Å². The summed E-state index contributed by atoms with van der Waals surface area (Å²) in [6.45, 7) is 0. The number of phenols is 1. The molecule has 22 heavy (non-hydrogen) atoms. The Balaban J connectivity index is 2.25. The van der Waals surface area contributed by atoms with Gasteiger partial charge < -0.3 is 5.11 Å². The van der Waals surface area contributed by atoms with E-state index < -0.39 is 17.5 Å². The highest BCUT2D eigenvalue weighted by atomic mass is 19.4. The van der Waals surface area contributed by atoms with E-state index in [1.807, 2.05) is 0 Å². The van der Waals surface area contributed by atoms with Gasteiger partial charge in [0.15, 0.2) is 0 Å². The van der Waals surface area contributed by atoms with Crippen LogP contribution in [0.5, 0.6) is 5.75 Å². The van der Waals surface area contributed by atoms with Crippen molar-refractivity contribution in [1.29, 1.82) is 0 Å². The Morgan fingerprint density at radius 1 is 1.14 bits per heavy atom. The summed E-state index contributed by atoms with van der Waals surface area (Å²) >= 11 is 0. The second-order valence-electron chi connectivity index (χ2n) is 4.94. The number of fused-ring (bicyclic) bond motifs is 1. The van der Waals surface area contributed by atoms with Crippen molar-refractivity contribution in [2.75, 3.05) is 0 Å². The first-order valence-electron chi connectivity index (χ1n) is 6.57. The Morgan fingerprint density at radius 3 is 2.45 bits per heavy atom. The average Bonchev–Trinajstić information content (AvgIpc) is 2.47. The summed E-state index contributed by atoms with van der Waals surface area (Å²) in [6.07, 6.45) is 0.420. The number of H-pyrrole nitrogens is 1. The minimum atomic E-state index is -4.53. The Labute approximate surface area is 122 Å². The molecule has 0 fully saturated rings. The number of halogens is 3. The molecule has 1 aliphatic carbocycles. The molecule has 0 radical (unpaired) electrons. The number of rotatable bonds is 1. The monoisotopic (exact) mass is 308 g/mol. The fourth-order valence-electron chi connectivity index (χ4n) is 2.46. The lowest BCUT2D eigenvalue weighted by molar-refractivity contribution is -0.137. The number of hydrogen-bond acceptors (Lipinski definition) is 3. The highest BCUT2D eigenvalue weighted by Gasteiger charge is 2.31. The molecule has 0 saturated carbocycles. The van der Waals surface area contributed by atoms with Gasteiger partial charge in [-0.3, -0.25) is 4.79 Å². The number of alkyl halides is 3. The van der Waals surface area contributed by atoms with Gasteiger partial charge in [-0.2, -0.15) is 18.3 Å². The minimum Gasteiger partial charge on any atom is -0.507 e. The van der Waals surface area contributed by atoms with E-state index in [-0.39, 0.29) is 16.8 Å². The van der Waals surface area contributed by atoms with Crippen LogP contribution in [0.3, 0.4) is 0 Å². The van der Waals surface area contributed by atoms with Crippen molar-refractivity contribution in [2.45, 2.75) is 19.0 Å². The second-order valence-corrected chi connectivity index (χ2v) is 4.94. The number of benzene rings is 1. The fourth-order valence-corrected chi connectivity index (χ4v) is 2.46. The molecule has 0 saturated heterocycles. The van der Waals surface area contributed by atoms with Gasteiger partial charge in [0.05, 0.1) is 5.56 Å². The minimum absolute atomic E-state index is 0.145. The number of aromatic amines is 1. The zero-order chi connectivity index (χ0) is 15.9. The smallest absolute Gasteiger partial charge is 0.416 e. The molecule has 2 aromatic rings. The fraction of sp³-hybridized carbons (Fsp3) is 0.200. The molecule has 0 bridgehead atoms. The van der Waals surface area contributed by atoms with Crippen molar-refractivity contribution in [2.24, 2.45) is 0 Å². The Morgan fingerprint density at radius 2 is 1.82 bits per heavy atom. The SMILES string of the molecule is O=c1[nH]nc(-c2ccc(C(F)(F)F)cc2O)c2c1=CCCC=2. The molecule has 4 nitrogen and oxygen atoms in total. The van der Waals surface area contributed by atoms with Crippen LogP contribution in [0.25, 0.3) is 23.4 Å². The van der Waals surface area contributed by atoms with Crippen LogP contribution in [0, 0.1) is 0 Å². The summed E-state index contributed by atoms with van der Waals surface area (Å²) in [7, 11) is 0. The van der Waals surface area contributed by atoms with E-state index >= 15 is 0 Å². The van der Waals surface area contributed by atoms with E-state index in [0.29, 0.717) is 29.3 Å². The third kappa shape index (κ3) is 2.38. The van der Waals surface area contributed by atoms with Gasteiger partial charge in [0.2, 0.25) is 0 Å². The van der Waals surface area contributed by atoms with Crippen molar-refractivity contribution >= 4 is 12.2 Å². The average molecular weight is 308 g/mol. The Bertz CT molecular complexity index is 914. The van der Waals surface area contributed by atoms with Gasteiger partial charge in [0.25, 0.3) is 5.56 Å². The molecule has 0 atom stereocenters. The maximum atomic E-state index is 12.6. The van der Waals surface area contributed by atoms with Crippen molar-refractivity contribution in [1.82, 2.24) is 10.2 Å². The van der Waals surface area contributed by atoms with E-state index in [4.69, 9.17) is 0 Å². The number of nitrogens with one attached hydrogen (secondary N) is 1. The molecule has 1 heterocycles. The van der Waals surface area contributed by atoms with Crippen molar-refractivity contribution in [3.05, 3.63) is 44.6 Å². The van der Waals surface area contributed by atoms with Crippen LogP contribution in [0.4, 0.5) is 13.2 Å². The van der Waals surface area contributed by atoms with Crippen molar-refractivity contribution < 1.29 is 18.3 Å². The first kappa shape index (κ1) is 14.4. The predicted octanol–water partition coefficient (Wildman–Crippen LogP) is 1.52. The molecule has 2 N–H and O–H groups in total. The van der Waals surface area contributed by atoms with Gasteiger partial charge >= 0.3 is 6.18 Å². The van der Waals surface area contributed by atoms with Gasteiger partial charge in [0, 0.05) is 16.0 Å². The summed E-state index contributed by atoms with van der Waals surface area (Å²) in [4.78, 5) is 11.7. The van der Waals surface area contributed by atoms with Crippen LogP contribution in [0.2, 0.25) is 0 Å². The number of hydrogen-bond donors (Lipinski definition) is 2. The van der Waals surface area contributed by atoms with E-state index in [0.717, 1.165) is 12.1 Å². The molecule has 0 amide bonds. The zero-order valence-corrected chi connectivity index (χ0v) is 11.2. The van der Waals surface area contributed by atoms with E-state index in [9.17, 15) is 23.1 Å². The lowest BCUT2D eigenvalue weighted by Crippen LogP contribution is -2.44. The maximum absolute atomic E-state index is 12.6. The van der Waals surface area contributed by atoms with Crippen LogP contribution in [0.15, 0.2) is 23.0 Å². The highest BCUT2D eigenvalue weighted by Crippen LogP contribution is 2.34. The molecule has 3 rings (SSSR count). The summed E-state index contributed by atoms with van der Waals surface area (Å²) in [5.74, 6) is -0.532. The van der Waals surface area contributed by atoms with Gasteiger partial charge in [0.1, 0.15) is 11.4 Å². The molecule has 0 unspecified atom stereocenters. The highest BCUT2D eigenvalue weighted by molar-refractivity contribution is 5.69. The first-order chi connectivity index (χ1) is 10.4. The summed E-state index contributed by atoms with van der Waals surface area (Å²) in [5.41, 5.74) is -0.896. The van der Waals surface area contributed by atoms with E-state index in [2.05, 4.69) is 10.2 Å². The number of phenolic OH excluding ortho intramolecular Hbond substituents is 1. The number of aromatic nitrogens is 2. The third-order valence-electron chi connectivity index (χ3n) is 3.50. The number of nitrogens with zero attached hydrogens (tertiary/aromatic N) is 1. The summed E-state index contributed by atoms with van der Waals surface area (Å²) in [6, 6.07) is 2.68. The van der Waals surface area contributed by atoms with Crippen LogP contribution >= 0.6 is 0 Å². The Hall–Kier alpha value is -2.57. The second kappa shape index (κ2) is 5.01. The molecule has 114 valence electrons. The van der Waals surface area contributed by atoms with E-state index in [1.165, 1.54) is 0 Å². The van der Waals surface area contributed by atoms with Gasteiger partial charge in [-0.15, -0.1) is 0 Å². The number of aromatic hydroxyl groups is 1. The topological polar surface area (TPSA) is 66.0 Å². The first-order valence-corrected chi connectivity index (χ1v) is 6.57. The van der Waals surface area contributed by atoms with Gasteiger partial charge in [-0.1, -0.05) is 12.2 Å². The van der Waals surface area contributed by atoms with Gasteiger partial charge in [-0.25, -0.2) is 5.10 Å². The molecule has 0 spiro atoms. The predicted molar refractivity (Wildman–Crippen MR) is 74.4 cm³/mol. The normalized spacial score (nSPS) is 14.0. The summed E-state index contributed by atoms with van der Waals surface area (Å²) < 4.78 is 37.9. The zero-order valence-electron chi connectivity index (χ0n) is 11.2. The molecule has 1 aliphatic rings. The summed E-state index contributed by atoms with van der Waals surface area (Å²) in [5, 5.41) is 17.1. The molecule has 1 aromatic heterocycles. The van der Waals surface area contributed by atoms with Crippen LogP contribution in [-0.2, 0) is 6.18 Å².